The van der Waals surface area contributed by atoms with Gasteiger partial charge >= 0.3 is 6.03 Å². The number of rotatable bonds is 5. The predicted octanol–water partition coefficient (Wildman–Crippen LogP) is 4.09. The SMILES string of the molecule is CC(NC(=O)Nc1cccc2ccccc12)c1cccc(NS(C)(=O)=O)c1. The van der Waals surface area contributed by atoms with Crippen molar-refractivity contribution in [3.8, 4) is 0 Å². The summed E-state index contributed by atoms with van der Waals surface area (Å²) in [6.07, 6.45) is 1.10. The summed E-state index contributed by atoms with van der Waals surface area (Å²) in [7, 11) is -3.35. The van der Waals surface area contributed by atoms with E-state index in [1.54, 1.807) is 18.2 Å². The third-order valence-electron chi connectivity index (χ3n) is 4.08. The molecular formula is C20H21N3O3S. The third-order valence-corrected chi connectivity index (χ3v) is 4.68. The number of nitrogens with one attached hydrogen (secondary N) is 3. The van der Waals surface area contributed by atoms with Crippen LogP contribution < -0.4 is 15.4 Å². The molecule has 27 heavy (non-hydrogen) atoms. The van der Waals surface area contributed by atoms with E-state index in [0.717, 1.165) is 28.3 Å². The molecule has 0 aliphatic carbocycles. The molecule has 3 aromatic rings. The summed E-state index contributed by atoms with van der Waals surface area (Å²) >= 11 is 0. The van der Waals surface area contributed by atoms with Crippen LogP contribution in [0, 0.1) is 0 Å². The number of amides is 2. The summed E-state index contributed by atoms with van der Waals surface area (Å²) in [5.41, 5.74) is 1.97. The fraction of sp³-hybridized carbons (Fsp3) is 0.150. The highest BCUT2D eigenvalue weighted by molar-refractivity contribution is 7.92. The highest BCUT2D eigenvalue weighted by Gasteiger charge is 2.12. The summed E-state index contributed by atoms with van der Waals surface area (Å²) in [5.74, 6) is 0. The van der Waals surface area contributed by atoms with E-state index in [1.807, 2.05) is 55.5 Å². The van der Waals surface area contributed by atoms with E-state index in [0.29, 0.717) is 5.69 Å². The monoisotopic (exact) mass is 383 g/mol. The highest BCUT2D eigenvalue weighted by Crippen LogP contribution is 2.23. The molecule has 0 bridgehead atoms. The highest BCUT2D eigenvalue weighted by atomic mass is 32.2. The number of fused-ring (bicyclic) bond motifs is 1. The Bertz CT molecular complexity index is 1080. The van der Waals surface area contributed by atoms with Crippen LogP contribution in [0.2, 0.25) is 0 Å². The van der Waals surface area contributed by atoms with Crippen LogP contribution in [0.3, 0.4) is 0 Å². The van der Waals surface area contributed by atoms with Gasteiger partial charge in [0, 0.05) is 11.1 Å². The van der Waals surface area contributed by atoms with Crippen molar-refractivity contribution in [2.24, 2.45) is 0 Å². The maximum atomic E-state index is 12.4. The van der Waals surface area contributed by atoms with E-state index >= 15 is 0 Å². The Morgan fingerprint density at radius 3 is 2.44 bits per heavy atom. The largest absolute Gasteiger partial charge is 0.331 e. The molecular weight excluding hydrogens is 362 g/mol. The van der Waals surface area contributed by atoms with Crippen LogP contribution in [-0.4, -0.2) is 20.7 Å². The van der Waals surface area contributed by atoms with E-state index in [9.17, 15) is 13.2 Å². The fourth-order valence-electron chi connectivity index (χ4n) is 2.86. The Hall–Kier alpha value is -3.06. The lowest BCUT2D eigenvalue weighted by Gasteiger charge is -2.17. The summed E-state index contributed by atoms with van der Waals surface area (Å²) in [5, 5.41) is 7.75. The van der Waals surface area contributed by atoms with Gasteiger partial charge in [-0.3, -0.25) is 4.72 Å². The Kier molecular flexibility index (Phi) is 5.32. The summed E-state index contributed by atoms with van der Waals surface area (Å²) in [6, 6.07) is 19.8. The zero-order chi connectivity index (χ0) is 19.4. The molecule has 140 valence electrons. The lowest BCUT2D eigenvalue weighted by atomic mass is 10.1. The lowest BCUT2D eigenvalue weighted by molar-refractivity contribution is 0.249. The first-order valence-electron chi connectivity index (χ1n) is 8.45. The van der Waals surface area contributed by atoms with Crippen molar-refractivity contribution in [3.63, 3.8) is 0 Å². The molecule has 0 saturated carbocycles. The molecule has 0 saturated heterocycles. The second kappa shape index (κ2) is 7.67. The summed E-state index contributed by atoms with van der Waals surface area (Å²) < 4.78 is 25.2. The molecule has 0 radical (unpaired) electrons. The first kappa shape index (κ1) is 18.7. The normalized spacial score (nSPS) is 12.4. The van der Waals surface area contributed by atoms with Crippen molar-refractivity contribution in [1.82, 2.24) is 5.32 Å². The zero-order valence-corrected chi connectivity index (χ0v) is 15.9. The van der Waals surface area contributed by atoms with Crippen LogP contribution in [0.15, 0.2) is 66.7 Å². The average molecular weight is 383 g/mol. The minimum Gasteiger partial charge on any atom is -0.331 e. The van der Waals surface area contributed by atoms with Crippen LogP contribution in [-0.2, 0) is 10.0 Å². The Morgan fingerprint density at radius 1 is 0.963 bits per heavy atom. The van der Waals surface area contributed by atoms with Crippen molar-refractivity contribution in [2.75, 3.05) is 16.3 Å². The van der Waals surface area contributed by atoms with Crippen LogP contribution in [0.1, 0.15) is 18.5 Å². The molecule has 0 aromatic heterocycles. The van der Waals surface area contributed by atoms with Crippen LogP contribution >= 0.6 is 0 Å². The lowest BCUT2D eigenvalue weighted by Crippen LogP contribution is -2.31. The second-order valence-electron chi connectivity index (χ2n) is 6.35. The van der Waals surface area contributed by atoms with Gasteiger partial charge in [-0.25, -0.2) is 13.2 Å². The number of carbonyl (C=O) groups is 1. The van der Waals surface area contributed by atoms with Gasteiger partial charge in [0.25, 0.3) is 0 Å². The number of carbonyl (C=O) groups excluding carboxylic acids is 1. The fourth-order valence-corrected chi connectivity index (χ4v) is 3.41. The minimum atomic E-state index is -3.35. The molecule has 3 rings (SSSR count). The maximum absolute atomic E-state index is 12.4. The molecule has 6 nitrogen and oxygen atoms in total. The molecule has 3 aromatic carbocycles. The van der Waals surface area contributed by atoms with Crippen molar-refractivity contribution in [3.05, 3.63) is 72.3 Å². The number of sulfonamides is 1. The van der Waals surface area contributed by atoms with Crippen molar-refractivity contribution < 1.29 is 13.2 Å². The van der Waals surface area contributed by atoms with Gasteiger partial charge in [-0.2, -0.15) is 0 Å². The van der Waals surface area contributed by atoms with Gasteiger partial charge in [0.15, 0.2) is 0 Å². The Labute approximate surface area is 158 Å². The maximum Gasteiger partial charge on any atom is 0.319 e. The molecule has 2 amide bonds. The van der Waals surface area contributed by atoms with Crippen molar-refractivity contribution in [1.29, 1.82) is 0 Å². The number of urea groups is 1. The number of hydrogen-bond donors (Lipinski definition) is 3. The van der Waals surface area contributed by atoms with Crippen LogP contribution in [0.25, 0.3) is 10.8 Å². The molecule has 0 aliphatic rings. The van der Waals surface area contributed by atoms with E-state index in [4.69, 9.17) is 0 Å². The quantitative estimate of drug-likeness (QED) is 0.620. The molecule has 3 N–H and O–H groups in total. The zero-order valence-electron chi connectivity index (χ0n) is 15.1. The molecule has 7 heteroatoms. The van der Waals surface area contributed by atoms with Crippen molar-refractivity contribution >= 4 is 38.2 Å². The van der Waals surface area contributed by atoms with Crippen molar-refractivity contribution in [2.45, 2.75) is 13.0 Å². The van der Waals surface area contributed by atoms with Crippen LogP contribution in [0.5, 0.6) is 0 Å². The summed E-state index contributed by atoms with van der Waals surface area (Å²) in [4.78, 5) is 12.4. The standard InChI is InChI=1S/C20H21N3O3S/c1-14(16-9-5-10-17(13-16)23-27(2,25)26)21-20(24)22-19-12-6-8-15-7-3-4-11-18(15)19/h3-14,23H,1-2H3,(H2,21,22,24). The molecule has 0 spiro atoms. The Morgan fingerprint density at radius 2 is 1.67 bits per heavy atom. The van der Waals surface area contributed by atoms with Gasteiger partial charge in [0.2, 0.25) is 10.0 Å². The van der Waals surface area contributed by atoms with Gasteiger partial charge in [0.05, 0.1) is 18.0 Å². The minimum absolute atomic E-state index is 0.304. The van der Waals surface area contributed by atoms with Gasteiger partial charge < -0.3 is 10.6 Å². The van der Waals surface area contributed by atoms with E-state index < -0.39 is 10.0 Å². The van der Waals surface area contributed by atoms with E-state index in [-0.39, 0.29) is 12.1 Å². The summed E-state index contributed by atoms with van der Waals surface area (Å²) in [6.45, 7) is 1.84. The predicted molar refractivity (Wildman–Crippen MR) is 109 cm³/mol. The van der Waals surface area contributed by atoms with Gasteiger partial charge in [-0.05, 0) is 36.1 Å². The molecule has 1 atom stereocenters. The number of benzene rings is 3. The van der Waals surface area contributed by atoms with Gasteiger partial charge in [-0.15, -0.1) is 0 Å². The first-order valence-corrected chi connectivity index (χ1v) is 10.3. The Balaban J connectivity index is 1.71. The van der Waals surface area contributed by atoms with Gasteiger partial charge in [-0.1, -0.05) is 48.5 Å². The molecule has 1 unspecified atom stereocenters. The second-order valence-corrected chi connectivity index (χ2v) is 8.10. The third kappa shape index (κ3) is 4.98. The molecule has 0 heterocycles. The van der Waals surface area contributed by atoms with E-state index in [1.165, 1.54) is 0 Å². The topological polar surface area (TPSA) is 87.3 Å². The smallest absolute Gasteiger partial charge is 0.319 e. The van der Waals surface area contributed by atoms with E-state index in [2.05, 4.69) is 15.4 Å². The molecule has 0 fully saturated rings. The number of hydrogen-bond acceptors (Lipinski definition) is 3. The first-order chi connectivity index (χ1) is 12.8. The number of anilines is 2. The molecule has 0 aliphatic heterocycles. The van der Waals surface area contributed by atoms with Gasteiger partial charge in [0.1, 0.15) is 0 Å². The van der Waals surface area contributed by atoms with Crippen LogP contribution in [0.4, 0.5) is 16.2 Å². The average Bonchev–Trinajstić information content (AvgIpc) is 2.61.